The average molecular weight is 274 g/mol. The summed E-state index contributed by atoms with van der Waals surface area (Å²) in [6, 6.07) is 12.7. The molecule has 0 saturated heterocycles. The van der Waals surface area contributed by atoms with E-state index >= 15 is 0 Å². The van der Waals surface area contributed by atoms with E-state index in [2.05, 4.69) is 0 Å². The summed E-state index contributed by atoms with van der Waals surface area (Å²) in [6.45, 7) is 0. The number of rotatable bonds is 5. The van der Waals surface area contributed by atoms with Gasteiger partial charge in [0.15, 0.2) is 6.17 Å². The molecule has 104 valence electrons. The van der Waals surface area contributed by atoms with Crippen LogP contribution < -0.4 is 9.47 Å². The third kappa shape index (κ3) is 2.96. The lowest BCUT2D eigenvalue weighted by Crippen LogP contribution is -2.08. The van der Waals surface area contributed by atoms with Crippen LogP contribution in [0.5, 0.6) is 11.5 Å². The van der Waals surface area contributed by atoms with Gasteiger partial charge >= 0.3 is 0 Å². The second-order valence-electron chi connectivity index (χ2n) is 4.23. The van der Waals surface area contributed by atoms with Crippen molar-refractivity contribution in [1.82, 2.24) is 0 Å². The van der Waals surface area contributed by atoms with Gasteiger partial charge in [-0.3, -0.25) is 4.79 Å². The van der Waals surface area contributed by atoms with Crippen molar-refractivity contribution in [2.24, 2.45) is 0 Å². The number of ketones is 1. The maximum atomic E-state index is 14.2. The lowest BCUT2D eigenvalue weighted by Gasteiger charge is -2.09. The number of ether oxygens (including phenoxy) is 2. The fourth-order valence-corrected chi connectivity index (χ4v) is 1.83. The molecule has 2 aromatic carbocycles. The molecule has 0 fully saturated rings. The number of methoxy groups -OCH3 is 2. The first-order valence-electron chi connectivity index (χ1n) is 6.12. The summed E-state index contributed by atoms with van der Waals surface area (Å²) in [7, 11) is 3.07. The van der Waals surface area contributed by atoms with Crippen LogP contribution in [0.2, 0.25) is 0 Å². The molecule has 1 unspecified atom stereocenters. The summed E-state index contributed by atoms with van der Waals surface area (Å²) in [5.74, 6) is 0.678. The molecule has 4 heteroatoms. The van der Waals surface area contributed by atoms with Gasteiger partial charge in [0, 0.05) is 5.56 Å². The zero-order valence-corrected chi connectivity index (χ0v) is 11.3. The lowest BCUT2D eigenvalue weighted by molar-refractivity contribution is 0.0877. The number of hydrogen-bond donors (Lipinski definition) is 0. The SMILES string of the molecule is COc1ccc(C(=O)C(F)c2ccc(OC)cc2)cc1. The lowest BCUT2D eigenvalue weighted by atomic mass is 10.0. The standard InChI is InChI=1S/C16H15FO3/c1-19-13-7-3-11(4-8-13)15(17)16(18)12-5-9-14(20-2)10-6-12/h3-10,15H,1-2H3. The molecule has 0 saturated carbocycles. The highest BCUT2D eigenvalue weighted by molar-refractivity contribution is 6.00. The molecule has 2 rings (SSSR count). The van der Waals surface area contributed by atoms with Crippen LogP contribution in [0.4, 0.5) is 4.39 Å². The molecule has 2 aromatic rings. The molecule has 1 atom stereocenters. The van der Waals surface area contributed by atoms with Gasteiger partial charge in [-0.15, -0.1) is 0 Å². The second kappa shape index (κ2) is 6.19. The van der Waals surface area contributed by atoms with Crippen LogP contribution in [0, 0.1) is 0 Å². The smallest absolute Gasteiger partial charge is 0.201 e. The zero-order valence-electron chi connectivity index (χ0n) is 11.3. The van der Waals surface area contributed by atoms with Crippen molar-refractivity contribution in [3.8, 4) is 11.5 Å². The first kappa shape index (κ1) is 14.1. The van der Waals surface area contributed by atoms with Crippen molar-refractivity contribution in [2.75, 3.05) is 14.2 Å². The van der Waals surface area contributed by atoms with Crippen LogP contribution in [0.3, 0.4) is 0 Å². The van der Waals surface area contributed by atoms with E-state index in [0.29, 0.717) is 22.6 Å². The number of benzene rings is 2. The summed E-state index contributed by atoms with van der Waals surface area (Å²) >= 11 is 0. The van der Waals surface area contributed by atoms with Crippen molar-refractivity contribution in [3.05, 3.63) is 59.7 Å². The average Bonchev–Trinajstić information content (AvgIpc) is 2.53. The van der Waals surface area contributed by atoms with Crippen molar-refractivity contribution in [2.45, 2.75) is 6.17 Å². The van der Waals surface area contributed by atoms with Gasteiger partial charge in [-0.1, -0.05) is 12.1 Å². The Kier molecular flexibility index (Phi) is 4.35. The third-order valence-corrected chi connectivity index (χ3v) is 3.01. The summed E-state index contributed by atoms with van der Waals surface area (Å²) in [6.07, 6.45) is -1.69. The van der Waals surface area contributed by atoms with Crippen LogP contribution in [0.1, 0.15) is 22.1 Å². The fourth-order valence-electron chi connectivity index (χ4n) is 1.83. The minimum atomic E-state index is -1.69. The summed E-state index contributed by atoms with van der Waals surface area (Å²) in [5, 5.41) is 0. The Hall–Kier alpha value is -2.36. The topological polar surface area (TPSA) is 35.5 Å². The molecule has 0 N–H and O–H groups in total. The van der Waals surface area contributed by atoms with E-state index in [9.17, 15) is 9.18 Å². The van der Waals surface area contributed by atoms with E-state index in [1.54, 1.807) is 48.5 Å². The molecular formula is C16H15FO3. The number of hydrogen-bond acceptors (Lipinski definition) is 3. The molecule has 0 bridgehead atoms. The Bertz CT molecular complexity index is 576. The number of carbonyl (C=O) groups is 1. The number of carbonyl (C=O) groups excluding carboxylic acids is 1. The van der Waals surface area contributed by atoms with E-state index in [4.69, 9.17) is 9.47 Å². The molecule has 0 aliphatic heterocycles. The van der Waals surface area contributed by atoms with Gasteiger partial charge in [0.2, 0.25) is 5.78 Å². The molecule has 0 aliphatic rings. The third-order valence-electron chi connectivity index (χ3n) is 3.01. The summed E-state index contributed by atoms with van der Waals surface area (Å²) in [5.41, 5.74) is 0.626. The zero-order chi connectivity index (χ0) is 14.5. The van der Waals surface area contributed by atoms with Crippen molar-refractivity contribution in [3.63, 3.8) is 0 Å². The molecule has 0 radical (unpaired) electrons. The van der Waals surface area contributed by atoms with Gasteiger partial charge in [-0.25, -0.2) is 4.39 Å². The summed E-state index contributed by atoms with van der Waals surface area (Å²) in [4.78, 5) is 12.1. The fraction of sp³-hybridized carbons (Fsp3) is 0.188. The largest absolute Gasteiger partial charge is 0.497 e. The van der Waals surface area contributed by atoms with Crippen LogP contribution in [0.25, 0.3) is 0 Å². The van der Waals surface area contributed by atoms with Crippen molar-refractivity contribution < 1.29 is 18.7 Å². The molecule has 0 spiro atoms. The number of alkyl halides is 1. The normalized spacial score (nSPS) is 11.8. The van der Waals surface area contributed by atoms with Crippen LogP contribution in [0.15, 0.2) is 48.5 Å². The monoisotopic (exact) mass is 274 g/mol. The molecule has 0 aliphatic carbocycles. The highest BCUT2D eigenvalue weighted by Gasteiger charge is 2.21. The maximum absolute atomic E-state index is 14.2. The molecule has 0 aromatic heterocycles. The Morgan fingerprint density at radius 1 is 0.900 bits per heavy atom. The minimum Gasteiger partial charge on any atom is -0.497 e. The molecule has 0 heterocycles. The predicted molar refractivity (Wildman–Crippen MR) is 74.2 cm³/mol. The highest BCUT2D eigenvalue weighted by atomic mass is 19.1. The Labute approximate surface area is 117 Å². The Morgan fingerprint density at radius 2 is 1.35 bits per heavy atom. The van der Waals surface area contributed by atoms with E-state index in [1.807, 2.05) is 0 Å². The first-order valence-corrected chi connectivity index (χ1v) is 6.12. The number of Topliss-reactive ketones (excluding diaryl/α,β-unsaturated/α-hetero) is 1. The van der Waals surface area contributed by atoms with Gasteiger partial charge in [0.05, 0.1) is 14.2 Å². The van der Waals surface area contributed by atoms with Crippen molar-refractivity contribution >= 4 is 5.78 Å². The Morgan fingerprint density at radius 3 is 1.80 bits per heavy atom. The second-order valence-corrected chi connectivity index (χ2v) is 4.23. The van der Waals surface area contributed by atoms with Gasteiger partial charge in [0.1, 0.15) is 11.5 Å². The van der Waals surface area contributed by atoms with Gasteiger partial charge in [-0.2, -0.15) is 0 Å². The van der Waals surface area contributed by atoms with E-state index in [1.165, 1.54) is 14.2 Å². The molecular weight excluding hydrogens is 259 g/mol. The predicted octanol–water partition coefficient (Wildman–Crippen LogP) is 3.60. The Balaban J connectivity index is 2.17. The number of halogens is 1. The molecule has 0 amide bonds. The van der Waals surface area contributed by atoms with Crippen LogP contribution >= 0.6 is 0 Å². The maximum Gasteiger partial charge on any atom is 0.201 e. The quantitative estimate of drug-likeness (QED) is 0.781. The minimum absolute atomic E-state index is 0.312. The highest BCUT2D eigenvalue weighted by Crippen LogP contribution is 2.25. The van der Waals surface area contributed by atoms with E-state index < -0.39 is 12.0 Å². The molecule has 3 nitrogen and oxygen atoms in total. The van der Waals surface area contributed by atoms with Crippen LogP contribution in [-0.4, -0.2) is 20.0 Å². The molecule has 20 heavy (non-hydrogen) atoms. The van der Waals surface area contributed by atoms with Gasteiger partial charge < -0.3 is 9.47 Å². The van der Waals surface area contributed by atoms with Gasteiger partial charge in [-0.05, 0) is 42.0 Å². The van der Waals surface area contributed by atoms with Crippen LogP contribution in [-0.2, 0) is 0 Å². The van der Waals surface area contributed by atoms with E-state index in [0.717, 1.165) is 0 Å². The van der Waals surface area contributed by atoms with Crippen molar-refractivity contribution in [1.29, 1.82) is 0 Å². The first-order chi connectivity index (χ1) is 9.65. The summed E-state index contributed by atoms with van der Waals surface area (Å²) < 4.78 is 24.2. The van der Waals surface area contributed by atoms with E-state index in [-0.39, 0.29) is 0 Å². The van der Waals surface area contributed by atoms with Gasteiger partial charge in [0.25, 0.3) is 0 Å².